The molecule has 1 aliphatic heterocycles. The average molecular weight is 461 g/mol. The van der Waals surface area contributed by atoms with Gasteiger partial charge >= 0.3 is 11.9 Å². The van der Waals surface area contributed by atoms with Crippen LogP contribution >= 0.6 is 0 Å². The Morgan fingerprint density at radius 3 is 2.06 bits per heavy atom. The van der Waals surface area contributed by atoms with Gasteiger partial charge in [0.05, 0.1) is 0 Å². The van der Waals surface area contributed by atoms with E-state index < -0.39 is 47.9 Å². The second-order valence-corrected chi connectivity index (χ2v) is 9.65. The van der Waals surface area contributed by atoms with E-state index in [1.807, 2.05) is 58.0 Å². The fraction of sp³-hybridized carbons (Fsp3) is 0.600. The molecule has 0 unspecified atom stereocenters. The van der Waals surface area contributed by atoms with Crippen molar-refractivity contribution in [1.29, 1.82) is 0 Å². The van der Waals surface area contributed by atoms with Crippen LogP contribution in [0.2, 0.25) is 0 Å². The molecule has 1 fully saturated rings. The van der Waals surface area contributed by atoms with Crippen LogP contribution in [-0.2, 0) is 35.3 Å². The number of cyclic esters (lactones) is 1. The van der Waals surface area contributed by atoms with Gasteiger partial charge in [-0.15, -0.1) is 0 Å². The lowest BCUT2D eigenvalue weighted by atomic mass is 9.87. The summed E-state index contributed by atoms with van der Waals surface area (Å²) >= 11 is 0. The molecule has 182 valence electrons. The van der Waals surface area contributed by atoms with Gasteiger partial charge in [0.25, 0.3) is 5.91 Å². The molecule has 1 aromatic rings. The number of esters is 2. The lowest BCUT2D eigenvalue weighted by molar-refractivity contribution is -0.190. The predicted molar refractivity (Wildman–Crippen MR) is 123 cm³/mol. The van der Waals surface area contributed by atoms with Gasteiger partial charge in [-0.05, 0) is 29.7 Å². The molecule has 0 spiro atoms. The summed E-state index contributed by atoms with van der Waals surface area (Å²) < 4.78 is 10.5. The van der Waals surface area contributed by atoms with Crippen LogP contribution in [0.15, 0.2) is 30.3 Å². The Morgan fingerprint density at radius 2 is 1.55 bits per heavy atom. The fourth-order valence-electron chi connectivity index (χ4n) is 3.64. The molecule has 0 aliphatic carbocycles. The lowest BCUT2D eigenvalue weighted by Crippen LogP contribution is -2.60. The van der Waals surface area contributed by atoms with E-state index in [-0.39, 0.29) is 24.4 Å². The first-order valence-electron chi connectivity index (χ1n) is 11.5. The van der Waals surface area contributed by atoms with Gasteiger partial charge in [0.1, 0.15) is 24.6 Å². The van der Waals surface area contributed by atoms with E-state index in [9.17, 15) is 19.2 Å². The monoisotopic (exact) mass is 460 g/mol. The summed E-state index contributed by atoms with van der Waals surface area (Å²) in [5, 5.41) is 5.43. The van der Waals surface area contributed by atoms with Gasteiger partial charge in [-0.25, -0.2) is 4.79 Å². The zero-order valence-corrected chi connectivity index (χ0v) is 20.3. The Balaban J connectivity index is 2.00. The van der Waals surface area contributed by atoms with Crippen LogP contribution in [0.5, 0.6) is 0 Å². The second kappa shape index (κ2) is 11.8. The highest BCUT2D eigenvalue weighted by atomic mass is 16.6. The van der Waals surface area contributed by atoms with Crippen LogP contribution in [-0.4, -0.2) is 41.9 Å². The number of nitrogens with one attached hydrogen (secondary N) is 2. The summed E-state index contributed by atoms with van der Waals surface area (Å²) in [6, 6.07) is 7.52. The zero-order chi connectivity index (χ0) is 24.7. The molecule has 1 aliphatic rings. The third-order valence-electron chi connectivity index (χ3n) is 5.58. The molecule has 4 atom stereocenters. The molecular formula is C25H36N2O6. The minimum absolute atomic E-state index is 0.105. The smallest absolute Gasteiger partial charge is 0.329 e. The van der Waals surface area contributed by atoms with Crippen molar-refractivity contribution in [2.24, 2.45) is 23.7 Å². The van der Waals surface area contributed by atoms with E-state index in [1.165, 1.54) is 0 Å². The highest BCUT2D eigenvalue weighted by Crippen LogP contribution is 2.29. The number of rotatable bonds is 11. The maximum absolute atomic E-state index is 13.0. The molecule has 33 heavy (non-hydrogen) atoms. The summed E-state index contributed by atoms with van der Waals surface area (Å²) in [6.45, 7) is 11.2. The molecule has 2 N–H and O–H groups in total. The maximum Gasteiger partial charge on any atom is 0.329 e. The van der Waals surface area contributed by atoms with Gasteiger partial charge in [0.2, 0.25) is 5.91 Å². The van der Waals surface area contributed by atoms with Crippen LogP contribution in [0.3, 0.4) is 0 Å². The van der Waals surface area contributed by atoms with Crippen molar-refractivity contribution < 1.29 is 28.7 Å². The number of carbonyl (C=O) groups excluding carboxylic acids is 4. The normalized spacial score (nSPS) is 19.5. The summed E-state index contributed by atoms with van der Waals surface area (Å²) in [6.07, 6.45) is -0.358. The standard InChI is InChI=1S/C25H36N2O6/c1-14(2)12-18-21(33-24(18)30)23(29)26-19(15(3)4)22(28)27-20(16(5)6)25(31)32-13-17-10-8-7-9-11-17/h7-11,14-16,18-21H,12-13H2,1-6H3,(H,26,29)(H,27,28)/t18-,19-,20-,21+/m0/s1. The molecule has 1 saturated heterocycles. The number of hydrogen-bond acceptors (Lipinski definition) is 6. The van der Waals surface area contributed by atoms with Gasteiger partial charge < -0.3 is 20.1 Å². The van der Waals surface area contributed by atoms with E-state index >= 15 is 0 Å². The molecule has 2 rings (SSSR count). The quantitative estimate of drug-likeness (QED) is 0.491. The third-order valence-corrected chi connectivity index (χ3v) is 5.58. The first kappa shape index (κ1) is 26.4. The van der Waals surface area contributed by atoms with E-state index in [4.69, 9.17) is 9.47 Å². The molecule has 0 radical (unpaired) electrons. The average Bonchev–Trinajstić information content (AvgIpc) is 2.76. The Labute approximate surface area is 195 Å². The van der Waals surface area contributed by atoms with Gasteiger partial charge in [0, 0.05) is 0 Å². The second-order valence-electron chi connectivity index (χ2n) is 9.65. The highest BCUT2D eigenvalue weighted by molar-refractivity contribution is 5.97. The molecule has 8 nitrogen and oxygen atoms in total. The first-order chi connectivity index (χ1) is 15.5. The summed E-state index contributed by atoms with van der Waals surface area (Å²) in [5.74, 6) is -2.66. The molecule has 8 heteroatoms. The number of hydrogen-bond donors (Lipinski definition) is 2. The van der Waals surface area contributed by atoms with Crippen LogP contribution in [0.4, 0.5) is 0 Å². The molecule has 1 heterocycles. The van der Waals surface area contributed by atoms with Crippen molar-refractivity contribution in [1.82, 2.24) is 10.6 Å². The minimum atomic E-state index is -0.898. The fourth-order valence-corrected chi connectivity index (χ4v) is 3.64. The van der Waals surface area contributed by atoms with Gasteiger partial charge in [0.15, 0.2) is 6.10 Å². The van der Waals surface area contributed by atoms with Crippen molar-refractivity contribution >= 4 is 23.8 Å². The third kappa shape index (κ3) is 7.30. The molecule has 0 bridgehead atoms. The van der Waals surface area contributed by atoms with Crippen molar-refractivity contribution in [3.05, 3.63) is 35.9 Å². The van der Waals surface area contributed by atoms with E-state index in [1.54, 1.807) is 13.8 Å². The number of ether oxygens (including phenoxy) is 2. The zero-order valence-electron chi connectivity index (χ0n) is 20.3. The predicted octanol–water partition coefficient (Wildman–Crippen LogP) is 2.60. The van der Waals surface area contributed by atoms with E-state index in [2.05, 4.69) is 10.6 Å². The molecule has 0 saturated carbocycles. The van der Waals surface area contributed by atoms with Crippen molar-refractivity contribution in [2.45, 2.75) is 72.8 Å². The van der Waals surface area contributed by atoms with Crippen LogP contribution in [0.25, 0.3) is 0 Å². The molecular weight excluding hydrogens is 424 g/mol. The van der Waals surface area contributed by atoms with Crippen LogP contribution < -0.4 is 10.6 Å². The lowest BCUT2D eigenvalue weighted by Gasteiger charge is -2.36. The van der Waals surface area contributed by atoms with Crippen molar-refractivity contribution in [3.8, 4) is 0 Å². The summed E-state index contributed by atoms with van der Waals surface area (Å²) in [4.78, 5) is 50.2. The Morgan fingerprint density at radius 1 is 0.939 bits per heavy atom. The number of carbonyl (C=O) groups is 4. The SMILES string of the molecule is CC(C)C[C@@H]1C(=O)O[C@H]1C(=O)N[C@H](C(=O)N[C@H](C(=O)OCc1ccccc1)C(C)C)C(C)C. The summed E-state index contributed by atoms with van der Waals surface area (Å²) in [7, 11) is 0. The molecule has 1 aromatic carbocycles. The summed E-state index contributed by atoms with van der Waals surface area (Å²) in [5.41, 5.74) is 0.845. The van der Waals surface area contributed by atoms with E-state index in [0.717, 1.165) is 5.56 Å². The van der Waals surface area contributed by atoms with Crippen LogP contribution in [0.1, 0.15) is 53.5 Å². The topological polar surface area (TPSA) is 111 Å². The molecule has 0 aromatic heterocycles. The largest absolute Gasteiger partial charge is 0.459 e. The van der Waals surface area contributed by atoms with Crippen molar-refractivity contribution in [2.75, 3.05) is 0 Å². The Kier molecular flexibility index (Phi) is 9.44. The van der Waals surface area contributed by atoms with Gasteiger partial charge in [-0.2, -0.15) is 0 Å². The minimum Gasteiger partial charge on any atom is -0.459 e. The highest BCUT2D eigenvalue weighted by Gasteiger charge is 2.48. The Bertz CT molecular complexity index is 837. The first-order valence-corrected chi connectivity index (χ1v) is 11.5. The molecule has 2 amide bonds. The number of amides is 2. The van der Waals surface area contributed by atoms with Gasteiger partial charge in [-0.3, -0.25) is 14.4 Å². The van der Waals surface area contributed by atoms with E-state index in [0.29, 0.717) is 6.42 Å². The van der Waals surface area contributed by atoms with Crippen LogP contribution in [0, 0.1) is 23.7 Å². The van der Waals surface area contributed by atoms with Crippen molar-refractivity contribution in [3.63, 3.8) is 0 Å². The Hall–Kier alpha value is -2.90. The number of benzene rings is 1. The van der Waals surface area contributed by atoms with Gasteiger partial charge in [-0.1, -0.05) is 71.9 Å². The maximum atomic E-state index is 13.0.